The Labute approximate surface area is 142 Å². The highest BCUT2D eigenvalue weighted by Crippen LogP contribution is 2.04. The van der Waals surface area contributed by atoms with E-state index in [9.17, 15) is 14.4 Å². The molecule has 0 aliphatic heterocycles. The van der Waals surface area contributed by atoms with Gasteiger partial charge in [-0.3, -0.25) is 9.59 Å². The minimum absolute atomic E-state index is 0.0836. The van der Waals surface area contributed by atoms with E-state index < -0.39 is 5.97 Å². The summed E-state index contributed by atoms with van der Waals surface area (Å²) < 4.78 is 8.71. The van der Waals surface area contributed by atoms with Gasteiger partial charge in [-0.15, -0.1) is 0 Å². The predicted octanol–water partition coefficient (Wildman–Crippen LogP) is 2.12. The van der Waals surface area contributed by atoms with E-state index in [1.165, 1.54) is 6.92 Å². The maximum absolute atomic E-state index is 10.9. The number of ketones is 1. The molecule has 0 amide bonds. The van der Waals surface area contributed by atoms with Crippen molar-refractivity contribution >= 4 is 23.9 Å². The Morgan fingerprint density at radius 2 is 1.71 bits per heavy atom. The van der Waals surface area contributed by atoms with Crippen molar-refractivity contribution in [1.82, 2.24) is 0 Å². The summed E-state index contributed by atoms with van der Waals surface area (Å²) in [5, 5.41) is 6.31. The van der Waals surface area contributed by atoms with Crippen LogP contribution in [-0.4, -0.2) is 37.2 Å². The Bertz CT molecular complexity index is 529. The minimum atomic E-state index is -0.581. The van der Waals surface area contributed by atoms with Crippen molar-refractivity contribution in [2.24, 2.45) is 5.73 Å². The van der Waals surface area contributed by atoms with E-state index in [-0.39, 0.29) is 11.8 Å². The number of esters is 2. The first kappa shape index (κ1) is 23.7. The summed E-state index contributed by atoms with van der Waals surface area (Å²) in [5.74, 6) is -0.708. The second kappa shape index (κ2) is 15.4. The molecular weight excluding hydrogens is 312 g/mol. The molecule has 0 spiro atoms. The molecule has 134 valence electrons. The standard InChI is InChI=1S/C9H11NO.C4H7NO2.C4H8O2/c1-7(11)9-4-2-3-8(5-9)6-10;1-2-7-4(6)3-5;1-3-6-4(2)5/h2-5H,6,10H2,1H3;3,5H,2H2,1H3;3H2,1-2H3. The van der Waals surface area contributed by atoms with E-state index >= 15 is 0 Å². The van der Waals surface area contributed by atoms with Crippen molar-refractivity contribution in [2.45, 2.75) is 34.2 Å². The van der Waals surface area contributed by atoms with Gasteiger partial charge in [0.2, 0.25) is 0 Å². The molecule has 0 saturated heterocycles. The third-order valence-electron chi connectivity index (χ3n) is 2.32. The smallest absolute Gasteiger partial charge is 0.348 e. The number of nitrogens with one attached hydrogen (secondary N) is 1. The first-order valence-corrected chi connectivity index (χ1v) is 7.42. The van der Waals surface area contributed by atoms with Crippen LogP contribution in [0, 0.1) is 5.41 Å². The van der Waals surface area contributed by atoms with E-state index in [0.29, 0.717) is 26.0 Å². The molecule has 1 aromatic rings. The fourth-order valence-electron chi connectivity index (χ4n) is 1.30. The molecule has 3 N–H and O–H groups in total. The average Bonchev–Trinajstić information content (AvgIpc) is 2.56. The predicted molar refractivity (Wildman–Crippen MR) is 92.1 cm³/mol. The van der Waals surface area contributed by atoms with E-state index in [1.807, 2.05) is 18.2 Å². The Morgan fingerprint density at radius 3 is 2.00 bits per heavy atom. The van der Waals surface area contributed by atoms with Crippen molar-refractivity contribution in [3.05, 3.63) is 35.4 Å². The van der Waals surface area contributed by atoms with Crippen molar-refractivity contribution in [3.8, 4) is 0 Å². The molecule has 0 bridgehead atoms. The molecule has 0 radical (unpaired) electrons. The average molecular weight is 338 g/mol. The third-order valence-corrected chi connectivity index (χ3v) is 2.32. The van der Waals surface area contributed by atoms with Gasteiger partial charge < -0.3 is 20.6 Å². The minimum Gasteiger partial charge on any atom is -0.466 e. The second-order valence-electron chi connectivity index (χ2n) is 4.28. The quantitative estimate of drug-likeness (QED) is 0.482. The number of ether oxygens (including phenoxy) is 2. The number of benzene rings is 1. The molecule has 24 heavy (non-hydrogen) atoms. The number of nitrogens with two attached hydrogens (primary N) is 1. The summed E-state index contributed by atoms with van der Waals surface area (Å²) in [6, 6.07) is 7.37. The van der Waals surface area contributed by atoms with Crippen LogP contribution in [0.25, 0.3) is 0 Å². The molecule has 0 saturated carbocycles. The summed E-state index contributed by atoms with van der Waals surface area (Å²) in [7, 11) is 0. The van der Waals surface area contributed by atoms with Crippen LogP contribution in [0.2, 0.25) is 0 Å². The van der Waals surface area contributed by atoms with Gasteiger partial charge in [-0.1, -0.05) is 18.2 Å². The maximum Gasteiger partial charge on any atom is 0.348 e. The summed E-state index contributed by atoms with van der Waals surface area (Å²) in [6.45, 7) is 7.73. The van der Waals surface area contributed by atoms with Gasteiger partial charge in [-0.05, 0) is 32.4 Å². The zero-order valence-electron chi connectivity index (χ0n) is 14.6. The van der Waals surface area contributed by atoms with Crippen LogP contribution in [0.4, 0.5) is 0 Å². The molecule has 0 unspecified atom stereocenters. The molecular formula is C17H26N2O5. The molecule has 0 aromatic heterocycles. The van der Waals surface area contributed by atoms with Crippen LogP contribution < -0.4 is 5.73 Å². The highest BCUT2D eigenvalue weighted by molar-refractivity contribution is 6.21. The fourth-order valence-corrected chi connectivity index (χ4v) is 1.30. The number of rotatable bonds is 5. The normalized spacial score (nSPS) is 8.54. The highest BCUT2D eigenvalue weighted by atomic mass is 16.5. The van der Waals surface area contributed by atoms with Crippen LogP contribution in [0.15, 0.2) is 24.3 Å². The zero-order valence-corrected chi connectivity index (χ0v) is 14.6. The largest absolute Gasteiger partial charge is 0.466 e. The van der Waals surface area contributed by atoms with E-state index in [4.69, 9.17) is 11.1 Å². The van der Waals surface area contributed by atoms with Gasteiger partial charge in [-0.25, -0.2) is 4.79 Å². The number of carbonyl (C=O) groups excluding carboxylic acids is 3. The van der Waals surface area contributed by atoms with Gasteiger partial charge in [0.25, 0.3) is 0 Å². The first-order valence-electron chi connectivity index (χ1n) is 7.42. The number of carbonyl (C=O) groups is 3. The van der Waals surface area contributed by atoms with Gasteiger partial charge in [-0.2, -0.15) is 0 Å². The number of hydrogen-bond donors (Lipinski definition) is 2. The Hall–Kier alpha value is -2.54. The van der Waals surface area contributed by atoms with Gasteiger partial charge in [0.05, 0.1) is 13.2 Å². The summed E-state index contributed by atoms with van der Waals surface area (Å²) in [5.41, 5.74) is 7.14. The molecule has 0 fully saturated rings. The van der Waals surface area contributed by atoms with Crippen molar-refractivity contribution in [1.29, 1.82) is 5.41 Å². The number of Topliss-reactive ketones (excluding diaryl/α,β-unsaturated/α-hetero) is 1. The van der Waals surface area contributed by atoms with Gasteiger partial charge in [0.1, 0.15) is 6.21 Å². The third kappa shape index (κ3) is 14.4. The van der Waals surface area contributed by atoms with Crippen LogP contribution >= 0.6 is 0 Å². The lowest BCUT2D eigenvalue weighted by atomic mass is 10.1. The molecule has 0 heterocycles. The monoisotopic (exact) mass is 338 g/mol. The second-order valence-corrected chi connectivity index (χ2v) is 4.28. The van der Waals surface area contributed by atoms with Gasteiger partial charge in [0, 0.05) is 19.0 Å². The highest BCUT2D eigenvalue weighted by Gasteiger charge is 1.97. The van der Waals surface area contributed by atoms with E-state index in [2.05, 4.69) is 9.47 Å². The maximum atomic E-state index is 10.9. The summed E-state index contributed by atoms with van der Waals surface area (Å²) in [4.78, 5) is 30.6. The molecule has 0 aliphatic rings. The van der Waals surface area contributed by atoms with Crippen LogP contribution in [0.5, 0.6) is 0 Å². The number of hydrogen-bond acceptors (Lipinski definition) is 7. The van der Waals surface area contributed by atoms with Crippen molar-refractivity contribution in [2.75, 3.05) is 13.2 Å². The van der Waals surface area contributed by atoms with Crippen molar-refractivity contribution in [3.63, 3.8) is 0 Å². The lowest BCUT2D eigenvalue weighted by Gasteiger charge is -1.98. The molecule has 7 nitrogen and oxygen atoms in total. The molecule has 0 atom stereocenters. The lowest BCUT2D eigenvalue weighted by molar-refractivity contribution is -0.140. The van der Waals surface area contributed by atoms with Crippen molar-refractivity contribution < 1.29 is 23.9 Å². The molecule has 7 heteroatoms. The molecule has 1 aromatic carbocycles. The van der Waals surface area contributed by atoms with Crippen LogP contribution in [0.3, 0.4) is 0 Å². The summed E-state index contributed by atoms with van der Waals surface area (Å²) in [6.07, 6.45) is 0.642. The first-order chi connectivity index (χ1) is 11.3. The van der Waals surface area contributed by atoms with E-state index in [0.717, 1.165) is 11.1 Å². The topological polar surface area (TPSA) is 120 Å². The Balaban J connectivity index is 0. The van der Waals surface area contributed by atoms with Gasteiger partial charge >= 0.3 is 11.9 Å². The fraction of sp³-hybridized carbons (Fsp3) is 0.412. The Morgan fingerprint density at radius 1 is 1.12 bits per heavy atom. The van der Waals surface area contributed by atoms with Crippen LogP contribution in [-0.2, 0) is 25.6 Å². The SMILES string of the molecule is CC(=O)c1cccc(CN)c1.CCOC(=O)C=N.CCOC(C)=O. The Kier molecular flexibility index (Phi) is 15.2. The lowest BCUT2D eigenvalue weighted by Crippen LogP contribution is -2.02. The molecule has 0 aliphatic carbocycles. The van der Waals surface area contributed by atoms with Crippen LogP contribution in [0.1, 0.15) is 43.6 Å². The summed E-state index contributed by atoms with van der Waals surface area (Å²) >= 11 is 0. The van der Waals surface area contributed by atoms with E-state index in [1.54, 1.807) is 26.8 Å². The zero-order chi connectivity index (χ0) is 19.0. The molecule has 1 rings (SSSR count). The van der Waals surface area contributed by atoms with Gasteiger partial charge in [0.15, 0.2) is 5.78 Å².